The zero-order valence-electron chi connectivity index (χ0n) is 13.6. The molecular formula is C17H28N2O3. The smallest absolute Gasteiger partial charge is 0.245 e. The molecule has 3 N–H and O–H groups in total. The molecule has 1 aromatic rings. The lowest BCUT2D eigenvalue weighted by Gasteiger charge is -2.18. The second-order valence-electron chi connectivity index (χ2n) is 5.20. The summed E-state index contributed by atoms with van der Waals surface area (Å²) in [7, 11) is 0. The van der Waals surface area contributed by atoms with E-state index in [-0.39, 0.29) is 5.91 Å². The van der Waals surface area contributed by atoms with Crippen molar-refractivity contribution in [1.82, 2.24) is 10.6 Å². The first-order valence-electron chi connectivity index (χ1n) is 8.04. The van der Waals surface area contributed by atoms with E-state index in [4.69, 9.17) is 9.84 Å². The average Bonchev–Trinajstić information content (AvgIpc) is 2.55. The third kappa shape index (κ3) is 6.91. The SMILES string of the molecule is CCCNC(CC)c1cccc(OCCCNC(=O)CO)c1. The molecule has 0 heterocycles. The number of hydrogen-bond donors (Lipinski definition) is 3. The number of rotatable bonds is 11. The molecule has 22 heavy (non-hydrogen) atoms. The van der Waals surface area contributed by atoms with Crippen LogP contribution in [0, 0.1) is 0 Å². The highest BCUT2D eigenvalue weighted by molar-refractivity contribution is 5.76. The number of benzene rings is 1. The minimum atomic E-state index is -0.466. The van der Waals surface area contributed by atoms with Crippen LogP contribution in [0.2, 0.25) is 0 Å². The summed E-state index contributed by atoms with van der Waals surface area (Å²) < 4.78 is 5.72. The van der Waals surface area contributed by atoms with Crippen LogP contribution in [0.1, 0.15) is 44.7 Å². The van der Waals surface area contributed by atoms with Crippen molar-refractivity contribution in [2.24, 2.45) is 0 Å². The van der Waals surface area contributed by atoms with Gasteiger partial charge in [-0.3, -0.25) is 4.79 Å². The van der Waals surface area contributed by atoms with Crippen LogP contribution >= 0.6 is 0 Å². The van der Waals surface area contributed by atoms with E-state index >= 15 is 0 Å². The molecule has 5 nitrogen and oxygen atoms in total. The molecule has 0 spiro atoms. The van der Waals surface area contributed by atoms with Crippen LogP contribution in [0.3, 0.4) is 0 Å². The fourth-order valence-electron chi connectivity index (χ4n) is 2.18. The molecule has 0 saturated heterocycles. The molecule has 1 rings (SSSR count). The van der Waals surface area contributed by atoms with Gasteiger partial charge in [-0.15, -0.1) is 0 Å². The number of amides is 1. The van der Waals surface area contributed by atoms with Gasteiger partial charge in [-0.25, -0.2) is 0 Å². The summed E-state index contributed by atoms with van der Waals surface area (Å²) in [5.41, 5.74) is 1.24. The van der Waals surface area contributed by atoms with Crippen molar-refractivity contribution in [3.8, 4) is 5.75 Å². The summed E-state index contributed by atoms with van der Waals surface area (Å²) in [6.45, 7) is 5.92. The van der Waals surface area contributed by atoms with Gasteiger partial charge < -0.3 is 20.5 Å². The molecule has 1 atom stereocenters. The third-order valence-corrected chi connectivity index (χ3v) is 3.37. The number of carbonyl (C=O) groups is 1. The molecule has 124 valence electrons. The predicted octanol–water partition coefficient (Wildman–Crippen LogP) is 2.01. The van der Waals surface area contributed by atoms with Gasteiger partial charge in [0.2, 0.25) is 5.91 Å². The van der Waals surface area contributed by atoms with Crippen LogP contribution in [0.5, 0.6) is 5.75 Å². The Hall–Kier alpha value is -1.59. The van der Waals surface area contributed by atoms with Gasteiger partial charge >= 0.3 is 0 Å². The van der Waals surface area contributed by atoms with E-state index < -0.39 is 6.61 Å². The Labute approximate surface area is 133 Å². The van der Waals surface area contributed by atoms with Gasteiger partial charge in [0.15, 0.2) is 0 Å². The van der Waals surface area contributed by atoms with Gasteiger partial charge in [0.1, 0.15) is 12.4 Å². The summed E-state index contributed by atoms with van der Waals surface area (Å²) >= 11 is 0. The summed E-state index contributed by atoms with van der Waals surface area (Å²) in [4.78, 5) is 10.9. The van der Waals surface area contributed by atoms with E-state index in [9.17, 15) is 4.79 Å². The molecule has 0 saturated carbocycles. The van der Waals surface area contributed by atoms with Gasteiger partial charge in [0.25, 0.3) is 0 Å². The summed E-state index contributed by atoms with van der Waals surface area (Å²) in [5, 5.41) is 14.7. The molecule has 1 unspecified atom stereocenters. The quantitative estimate of drug-likeness (QED) is 0.547. The fraction of sp³-hybridized carbons (Fsp3) is 0.588. The van der Waals surface area contributed by atoms with Gasteiger partial charge in [0, 0.05) is 12.6 Å². The van der Waals surface area contributed by atoms with E-state index in [2.05, 4.69) is 36.6 Å². The zero-order chi connectivity index (χ0) is 16.2. The normalized spacial score (nSPS) is 12.0. The molecule has 5 heteroatoms. The van der Waals surface area contributed by atoms with Crippen LogP contribution in [-0.4, -0.2) is 37.3 Å². The van der Waals surface area contributed by atoms with Crippen LogP contribution in [-0.2, 0) is 4.79 Å². The molecule has 0 bridgehead atoms. The maximum atomic E-state index is 10.9. The van der Waals surface area contributed by atoms with Gasteiger partial charge in [-0.2, -0.15) is 0 Å². The first kappa shape index (κ1) is 18.5. The summed E-state index contributed by atoms with van der Waals surface area (Å²) in [6.07, 6.45) is 2.87. The zero-order valence-corrected chi connectivity index (χ0v) is 13.6. The number of aliphatic hydroxyl groups excluding tert-OH is 1. The Morgan fingerprint density at radius 2 is 2.14 bits per heavy atom. The van der Waals surface area contributed by atoms with Crippen LogP contribution < -0.4 is 15.4 Å². The molecule has 0 aliphatic carbocycles. The van der Waals surface area contributed by atoms with Crippen LogP contribution in [0.4, 0.5) is 0 Å². The Morgan fingerprint density at radius 3 is 2.82 bits per heavy atom. The number of ether oxygens (including phenoxy) is 1. The number of aliphatic hydroxyl groups is 1. The van der Waals surface area contributed by atoms with Crippen molar-refractivity contribution in [3.63, 3.8) is 0 Å². The van der Waals surface area contributed by atoms with Crippen LogP contribution in [0.25, 0.3) is 0 Å². The van der Waals surface area contributed by atoms with E-state index in [0.717, 1.165) is 25.1 Å². The van der Waals surface area contributed by atoms with Crippen molar-refractivity contribution in [2.45, 2.75) is 39.2 Å². The second kappa shape index (κ2) is 11.0. The van der Waals surface area contributed by atoms with Crippen molar-refractivity contribution in [2.75, 3.05) is 26.3 Å². The molecule has 0 aromatic heterocycles. The number of carbonyl (C=O) groups excluding carboxylic acids is 1. The molecule has 1 aromatic carbocycles. The number of hydrogen-bond acceptors (Lipinski definition) is 4. The fourth-order valence-corrected chi connectivity index (χ4v) is 2.18. The Balaban J connectivity index is 2.41. The van der Waals surface area contributed by atoms with Gasteiger partial charge in [-0.05, 0) is 43.5 Å². The highest BCUT2D eigenvalue weighted by atomic mass is 16.5. The van der Waals surface area contributed by atoms with Crippen molar-refractivity contribution in [1.29, 1.82) is 0 Å². The lowest BCUT2D eigenvalue weighted by atomic mass is 10.0. The Bertz CT molecular complexity index is 438. The Morgan fingerprint density at radius 1 is 1.32 bits per heavy atom. The molecular weight excluding hydrogens is 280 g/mol. The summed E-state index contributed by atoms with van der Waals surface area (Å²) in [6, 6.07) is 8.50. The minimum Gasteiger partial charge on any atom is -0.494 e. The largest absolute Gasteiger partial charge is 0.494 e. The van der Waals surface area contributed by atoms with E-state index in [0.29, 0.717) is 25.6 Å². The average molecular weight is 308 g/mol. The van der Waals surface area contributed by atoms with Crippen molar-refractivity contribution < 1.29 is 14.6 Å². The minimum absolute atomic E-state index is 0.352. The monoisotopic (exact) mass is 308 g/mol. The first-order valence-corrected chi connectivity index (χ1v) is 8.04. The maximum Gasteiger partial charge on any atom is 0.245 e. The van der Waals surface area contributed by atoms with Gasteiger partial charge in [0.05, 0.1) is 6.61 Å². The van der Waals surface area contributed by atoms with E-state index in [1.807, 2.05) is 12.1 Å². The maximum absolute atomic E-state index is 10.9. The first-order chi connectivity index (χ1) is 10.7. The third-order valence-electron chi connectivity index (χ3n) is 3.37. The Kier molecular flexibility index (Phi) is 9.26. The molecule has 0 fully saturated rings. The van der Waals surface area contributed by atoms with Crippen molar-refractivity contribution in [3.05, 3.63) is 29.8 Å². The van der Waals surface area contributed by atoms with Crippen molar-refractivity contribution >= 4 is 5.91 Å². The second-order valence-corrected chi connectivity index (χ2v) is 5.20. The molecule has 0 aliphatic rings. The molecule has 0 radical (unpaired) electrons. The van der Waals surface area contributed by atoms with Crippen LogP contribution in [0.15, 0.2) is 24.3 Å². The highest BCUT2D eigenvalue weighted by Gasteiger charge is 2.08. The summed E-state index contributed by atoms with van der Waals surface area (Å²) in [5.74, 6) is 0.498. The topological polar surface area (TPSA) is 70.6 Å². The highest BCUT2D eigenvalue weighted by Crippen LogP contribution is 2.21. The molecule has 1 amide bonds. The lowest BCUT2D eigenvalue weighted by Crippen LogP contribution is -2.28. The van der Waals surface area contributed by atoms with E-state index in [1.165, 1.54) is 5.56 Å². The lowest BCUT2D eigenvalue weighted by molar-refractivity contribution is -0.123. The van der Waals surface area contributed by atoms with Gasteiger partial charge in [-0.1, -0.05) is 26.0 Å². The number of nitrogens with one attached hydrogen (secondary N) is 2. The van der Waals surface area contributed by atoms with E-state index in [1.54, 1.807) is 0 Å². The standard InChI is InChI=1S/C17H28N2O3/c1-3-9-18-16(4-2)14-7-5-8-15(12-14)22-11-6-10-19-17(21)13-20/h5,7-8,12,16,18,20H,3-4,6,9-11,13H2,1-2H3,(H,19,21). The predicted molar refractivity (Wildman–Crippen MR) is 88.0 cm³/mol. The molecule has 0 aliphatic heterocycles.